The summed E-state index contributed by atoms with van der Waals surface area (Å²) in [6.45, 7) is 2.18. The zero-order valence-electron chi connectivity index (χ0n) is 13.7. The maximum atomic E-state index is 6.23. The van der Waals surface area contributed by atoms with Crippen LogP contribution in [0.5, 0.6) is 5.75 Å². The van der Waals surface area contributed by atoms with Gasteiger partial charge in [0.25, 0.3) is 0 Å². The minimum absolute atomic E-state index is 0.690. The summed E-state index contributed by atoms with van der Waals surface area (Å²) in [5.41, 5.74) is 3.00. The minimum Gasteiger partial charge on any atom is -0.497 e. The highest BCUT2D eigenvalue weighted by atomic mass is 35.5. The second-order valence-electron chi connectivity index (χ2n) is 5.37. The third-order valence-corrected chi connectivity index (χ3v) is 5.01. The van der Waals surface area contributed by atoms with Crippen LogP contribution in [-0.4, -0.2) is 12.1 Å². The average Bonchev–Trinajstić information content (AvgIpc) is 3.00. The number of halogens is 1. The summed E-state index contributed by atoms with van der Waals surface area (Å²) in [6.07, 6.45) is 2.08. The summed E-state index contributed by atoms with van der Waals surface area (Å²) in [4.78, 5) is 6.07. The van der Waals surface area contributed by atoms with Gasteiger partial charge in [-0.2, -0.15) is 0 Å². The molecule has 3 aromatic rings. The van der Waals surface area contributed by atoms with Gasteiger partial charge in [-0.3, -0.25) is 0 Å². The zero-order valence-corrected chi connectivity index (χ0v) is 15.2. The van der Waals surface area contributed by atoms with Crippen LogP contribution in [0.15, 0.2) is 48.5 Å². The first-order chi connectivity index (χ1) is 11.7. The smallest absolute Gasteiger partial charge is 0.188 e. The van der Waals surface area contributed by atoms with Gasteiger partial charge < -0.3 is 10.1 Å². The number of para-hydroxylation sites is 1. The minimum atomic E-state index is 0.690. The van der Waals surface area contributed by atoms with Gasteiger partial charge in [0.2, 0.25) is 0 Å². The molecule has 1 N–H and O–H groups in total. The number of hydrogen-bond acceptors (Lipinski definition) is 4. The van der Waals surface area contributed by atoms with E-state index in [1.807, 2.05) is 48.5 Å². The molecular formula is C19H19ClN2OS. The van der Waals surface area contributed by atoms with Crippen LogP contribution in [0.1, 0.15) is 18.2 Å². The number of aromatic nitrogens is 1. The maximum Gasteiger partial charge on any atom is 0.188 e. The lowest BCUT2D eigenvalue weighted by atomic mass is 10.1. The van der Waals surface area contributed by atoms with Crippen LogP contribution < -0.4 is 10.1 Å². The molecule has 0 saturated heterocycles. The van der Waals surface area contributed by atoms with Crippen molar-refractivity contribution in [2.75, 3.05) is 12.4 Å². The second kappa shape index (κ2) is 7.69. The monoisotopic (exact) mass is 358 g/mol. The first kappa shape index (κ1) is 16.8. The van der Waals surface area contributed by atoms with Gasteiger partial charge in [-0.1, -0.05) is 37.1 Å². The molecule has 1 aromatic heterocycles. The van der Waals surface area contributed by atoms with Gasteiger partial charge in [-0.25, -0.2) is 4.98 Å². The van der Waals surface area contributed by atoms with E-state index in [1.54, 1.807) is 18.4 Å². The van der Waals surface area contributed by atoms with Crippen LogP contribution in [0.2, 0.25) is 5.02 Å². The second-order valence-corrected chi connectivity index (χ2v) is 6.86. The molecule has 0 aliphatic carbocycles. The Balaban J connectivity index is 1.93. The summed E-state index contributed by atoms with van der Waals surface area (Å²) in [7, 11) is 1.67. The molecule has 0 aliphatic heterocycles. The van der Waals surface area contributed by atoms with Crippen LogP contribution in [0.3, 0.4) is 0 Å². The van der Waals surface area contributed by atoms with Crippen molar-refractivity contribution in [3.63, 3.8) is 0 Å². The van der Waals surface area contributed by atoms with Gasteiger partial charge in [0.15, 0.2) is 5.13 Å². The molecule has 0 fully saturated rings. The van der Waals surface area contributed by atoms with Crippen molar-refractivity contribution in [2.24, 2.45) is 0 Å². The van der Waals surface area contributed by atoms with E-state index in [9.17, 15) is 0 Å². The number of ether oxygens (including phenoxy) is 1. The number of methoxy groups -OCH3 is 1. The molecule has 3 nitrogen and oxygen atoms in total. The van der Waals surface area contributed by atoms with Crippen molar-refractivity contribution in [3.05, 3.63) is 58.4 Å². The number of anilines is 2. The van der Waals surface area contributed by atoms with E-state index in [2.05, 4.69) is 12.2 Å². The zero-order chi connectivity index (χ0) is 16.9. The fraction of sp³-hybridized carbons (Fsp3) is 0.211. The summed E-state index contributed by atoms with van der Waals surface area (Å²) >= 11 is 7.91. The van der Waals surface area contributed by atoms with Gasteiger partial charge in [0, 0.05) is 10.4 Å². The highest BCUT2D eigenvalue weighted by molar-refractivity contribution is 7.16. The fourth-order valence-corrected chi connectivity index (χ4v) is 3.73. The molecule has 124 valence electrons. The predicted molar refractivity (Wildman–Crippen MR) is 103 cm³/mol. The number of benzene rings is 2. The Bertz CT molecular complexity index is 814. The van der Waals surface area contributed by atoms with Gasteiger partial charge >= 0.3 is 0 Å². The van der Waals surface area contributed by atoms with Crippen molar-refractivity contribution < 1.29 is 4.74 Å². The largest absolute Gasteiger partial charge is 0.497 e. The van der Waals surface area contributed by atoms with E-state index in [4.69, 9.17) is 21.3 Å². The van der Waals surface area contributed by atoms with E-state index in [-0.39, 0.29) is 0 Å². The Morgan fingerprint density at radius 3 is 2.54 bits per heavy atom. The van der Waals surface area contributed by atoms with Crippen LogP contribution >= 0.6 is 22.9 Å². The van der Waals surface area contributed by atoms with Crippen LogP contribution in [0.25, 0.3) is 11.3 Å². The molecule has 0 saturated carbocycles. The molecule has 0 radical (unpaired) electrons. The third kappa shape index (κ3) is 3.71. The van der Waals surface area contributed by atoms with Gasteiger partial charge in [0.1, 0.15) is 5.75 Å². The van der Waals surface area contributed by atoms with E-state index in [0.717, 1.165) is 40.7 Å². The summed E-state index contributed by atoms with van der Waals surface area (Å²) in [5, 5.41) is 4.88. The average molecular weight is 359 g/mol. The SMILES string of the molecule is CCCc1sc(Nc2ccccc2Cl)nc1-c1ccc(OC)cc1. The Labute approximate surface area is 151 Å². The number of hydrogen-bond donors (Lipinski definition) is 1. The molecule has 0 aliphatic rings. The highest BCUT2D eigenvalue weighted by Gasteiger charge is 2.13. The van der Waals surface area contributed by atoms with Crippen LogP contribution in [0, 0.1) is 0 Å². The fourth-order valence-electron chi connectivity index (χ4n) is 2.45. The van der Waals surface area contributed by atoms with E-state index in [0.29, 0.717) is 5.02 Å². The molecule has 0 unspecified atom stereocenters. The maximum absolute atomic E-state index is 6.23. The summed E-state index contributed by atoms with van der Waals surface area (Å²) in [5.74, 6) is 0.848. The topological polar surface area (TPSA) is 34.2 Å². The molecule has 0 spiro atoms. The number of rotatable bonds is 6. The van der Waals surface area contributed by atoms with Crippen molar-refractivity contribution in [3.8, 4) is 17.0 Å². The summed E-state index contributed by atoms with van der Waals surface area (Å²) in [6, 6.07) is 15.7. The van der Waals surface area contributed by atoms with E-state index < -0.39 is 0 Å². The Morgan fingerprint density at radius 1 is 1.12 bits per heavy atom. The van der Waals surface area contributed by atoms with E-state index >= 15 is 0 Å². The number of nitrogens with one attached hydrogen (secondary N) is 1. The molecule has 5 heteroatoms. The third-order valence-electron chi connectivity index (χ3n) is 3.65. The summed E-state index contributed by atoms with van der Waals surface area (Å²) < 4.78 is 5.24. The highest BCUT2D eigenvalue weighted by Crippen LogP contribution is 2.35. The molecule has 0 bridgehead atoms. The van der Waals surface area contributed by atoms with Gasteiger partial charge in [0.05, 0.1) is 23.5 Å². The van der Waals surface area contributed by atoms with E-state index in [1.165, 1.54) is 4.88 Å². The molecule has 24 heavy (non-hydrogen) atoms. The lowest BCUT2D eigenvalue weighted by Crippen LogP contribution is -1.90. The van der Waals surface area contributed by atoms with Crippen LogP contribution in [0.4, 0.5) is 10.8 Å². The molecule has 0 amide bonds. The molecule has 1 heterocycles. The lowest BCUT2D eigenvalue weighted by molar-refractivity contribution is 0.415. The number of thiazole rings is 1. The predicted octanol–water partition coefficient (Wildman–Crippen LogP) is 6.17. The molecule has 3 rings (SSSR count). The normalized spacial score (nSPS) is 10.6. The quantitative estimate of drug-likeness (QED) is 0.572. The van der Waals surface area contributed by atoms with Crippen molar-refractivity contribution >= 4 is 33.8 Å². The number of aryl methyl sites for hydroxylation is 1. The molecule has 2 aromatic carbocycles. The molecule has 0 atom stereocenters. The van der Waals surface area contributed by atoms with Gasteiger partial charge in [-0.05, 0) is 42.8 Å². The van der Waals surface area contributed by atoms with Crippen molar-refractivity contribution in [1.29, 1.82) is 0 Å². The van der Waals surface area contributed by atoms with Crippen molar-refractivity contribution in [1.82, 2.24) is 4.98 Å². The Morgan fingerprint density at radius 2 is 1.88 bits per heavy atom. The van der Waals surface area contributed by atoms with Crippen molar-refractivity contribution in [2.45, 2.75) is 19.8 Å². The Hall–Kier alpha value is -2.04. The van der Waals surface area contributed by atoms with Crippen LogP contribution in [-0.2, 0) is 6.42 Å². The molecular weight excluding hydrogens is 340 g/mol. The number of nitrogens with zero attached hydrogens (tertiary/aromatic N) is 1. The first-order valence-corrected chi connectivity index (χ1v) is 9.06. The lowest BCUT2D eigenvalue weighted by Gasteiger charge is -2.04. The standard InChI is InChI=1S/C19H19ClN2OS/c1-3-6-17-18(13-9-11-14(23-2)12-10-13)22-19(24-17)21-16-8-5-4-7-15(16)20/h4-5,7-12H,3,6H2,1-2H3,(H,21,22). The van der Waals surface area contributed by atoms with Gasteiger partial charge in [-0.15, -0.1) is 11.3 Å². The first-order valence-electron chi connectivity index (χ1n) is 7.87. The Kier molecular flexibility index (Phi) is 5.38.